The Morgan fingerprint density at radius 2 is 2.19 bits per heavy atom. The van der Waals surface area contributed by atoms with Crippen LogP contribution in [0.25, 0.3) is 0 Å². The Morgan fingerprint density at radius 3 is 2.76 bits per heavy atom. The van der Waals surface area contributed by atoms with Crippen LogP contribution in [0.2, 0.25) is 0 Å². The van der Waals surface area contributed by atoms with Gasteiger partial charge >= 0.3 is 0 Å². The van der Waals surface area contributed by atoms with E-state index >= 15 is 0 Å². The van der Waals surface area contributed by atoms with Gasteiger partial charge in [-0.2, -0.15) is 0 Å². The summed E-state index contributed by atoms with van der Waals surface area (Å²) in [6, 6.07) is 4.27. The lowest BCUT2D eigenvalue weighted by molar-refractivity contribution is -0.134. The van der Waals surface area contributed by atoms with Gasteiger partial charge in [0.25, 0.3) is 0 Å². The molecule has 4 nitrogen and oxygen atoms in total. The van der Waals surface area contributed by atoms with Crippen molar-refractivity contribution in [1.82, 2.24) is 14.8 Å². The molecule has 0 spiro atoms. The third-order valence-electron chi connectivity index (χ3n) is 4.16. The fourth-order valence-corrected chi connectivity index (χ4v) is 2.80. The number of likely N-dealkylation sites (N-methyl/N-ethyl adjacent to an activating group) is 1. The van der Waals surface area contributed by atoms with E-state index in [4.69, 9.17) is 0 Å². The fraction of sp³-hybridized carbons (Fsp3) is 0.647. The minimum Gasteiger partial charge on any atom is -0.341 e. The van der Waals surface area contributed by atoms with Crippen molar-refractivity contribution in [1.29, 1.82) is 0 Å². The first kappa shape index (κ1) is 16.0. The van der Waals surface area contributed by atoms with Crippen LogP contribution >= 0.6 is 0 Å². The average Bonchev–Trinajstić information content (AvgIpc) is 2.47. The molecule has 0 radical (unpaired) electrons. The third kappa shape index (κ3) is 4.53. The van der Waals surface area contributed by atoms with Crippen LogP contribution in [0.15, 0.2) is 18.3 Å². The van der Waals surface area contributed by atoms with Crippen molar-refractivity contribution in [3.05, 3.63) is 29.6 Å². The second kappa shape index (κ2) is 7.55. The Bertz CT molecular complexity index is 456. The molecule has 1 aromatic rings. The zero-order valence-electron chi connectivity index (χ0n) is 13.5. The van der Waals surface area contributed by atoms with Crippen molar-refractivity contribution in [2.24, 2.45) is 0 Å². The first-order valence-corrected chi connectivity index (χ1v) is 7.97. The van der Waals surface area contributed by atoms with Crippen LogP contribution in [0.3, 0.4) is 0 Å². The molecule has 21 heavy (non-hydrogen) atoms. The number of carbonyl (C=O) groups excluding carboxylic acids is 1. The van der Waals surface area contributed by atoms with E-state index in [9.17, 15) is 4.79 Å². The molecule has 1 aliphatic heterocycles. The molecule has 1 aliphatic rings. The lowest BCUT2D eigenvalue weighted by Gasteiger charge is -2.32. The molecule has 1 saturated heterocycles. The molecular formula is C17H27N3O. The summed E-state index contributed by atoms with van der Waals surface area (Å²) in [5.41, 5.74) is 2.37. The minimum atomic E-state index is 0.283. The molecule has 4 heteroatoms. The van der Waals surface area contributed by atoms with E-state index in [1.165, 1.54) is 5.56 Å². The monoisotopic (exact) mass is 289 g/mol. The average molecular weight is 289 g/mol. The molecular weight excluding hydrogens is 262 g/mol. The van der Waals surface area contributed by atoms with Gasteiger partial charge < -0.3 is 9.80 Å². The van der Waals surface area contributed by atoms with Gasteiger partial charge in [0, 0.05) is 37.9 Å². The van der Waals surface area contributed by atoms with Gasteiger partial charge in [0.1, 0.15) is 0 Å². The molecule has 1 amide bonds. The highest BCUT2D eigenvalue weighted by atomic mass is 16.2. The van der Waals surface area contributed by atoms with Gasteiger partial charge in [-0.25, -0.2) is 0 Å². The van der Waals surface area contributed by atoms with Gasteiger partial charge in [0.2, 0.25) is 5.91 Å². The van der Waals surface area contributed by atoms with E-state index in [1.807, 2.05) is 25.2 Å². The minimum absolute atomic E-state index is 0.283. The number of carbonyl (C=O) groups is 1. The largest absolute Gasteiger partial charge is 0.341 e. The number of aryl methyl sites for hydroxylation is 1. The fourth-order valence-electron chi connectivity index (χ4n) is 2.80. The van der Waals surface area contributed by atoms with Gasteiger partial charge in [0.15, 0.2) is 0 Å². The molecule has 0 bridgehead atoms. The van der Waals surface area contributed by atoms with Gasteiger partial charge in [0.05, 0.1) is 0 Å². The number of piperidine rings is 1. The lowest BCUT2D eigenvalue weighted by Crippen LogP contribution is -2.41. The summed E-state index contributed by atoms with van der Waals surface area (Å²) in [5.74, 6) is 0.627. The van der Waals surface area contributed by atoms with Gasteiger partial charge in [-0.3, -0.25) is 9.78 Å². The second-order valence-electron chi connectivity index (χ2n) is 6.21. The van der Waals surface area contributed by atoms with Gasteiger partial charge in [-0.05, 0) is 44.5 Å². The molecule has 0 saturated carbocycles. The lowest BCUT2D eigenvalue weighted by atomic mass is 9.90. The molecule has 0 aliphatic carbocycles. The maximum absolute atomic E-state index is 12.2. The second-order valence-corrected chi connectivity index (χ2v) is 6.21. The molecule has 1 unspecified atom stereocenters. The number of likely N-dealkylation sites (tertiary alicyclic amines) is 1. The van der Waals surface area contributed by atoms with E-state index in [2.05, 4.69) is 28.9 Å². The Hall–Kier alpha value is -1.42. The van der Waals surface area contributed by atoms with Crippen LogP contribution in [0.4, 0.5) is 0 Å². The smallest absolute Gasteiger partial charge is 0.223 e. The number of nitrogens with zero attached hydrogens (tertiary/aromatic N) is 3. The Balaban J connectivity index is 1.91. The number of aromatic nitrogens is 1. The summed E-state index contributed by atoms with van der Waals surface area (Å²) in [7, 11) is 4.08. The molecule has 2 rings (SSSR count). The molecule has 0 aromatic carbocycles. The normalized spacial score (nSPS) is 19.3. The molecule has 1 aromatic heterocycles. The first-order chi connectivity index (χ1) is 10.1. The van der Waals surface area contributed by atoms with E-state index < -0.39 is 0 Å². The summed E-state index contributed by atoms with van der Waals surface area (Å²) in [6.07, 6.45) is 5.80. The number of hydrogen-bond donors (Lipinski definition) is 0. The van der Waals surface area contributed by atoms with Crippen LogP contribution in [0.1, 0.15) is 43.4 Å². The Morgan fingerprint density at radius 1 is 1.38 bits per heavy atom. The standard InChI is InChI=1S/C17H27N3O/c1-4-5-16-7-6-15(13-18-16)14-8-9-20(17(21)12-14)11-10-19(2)3/h6-7,13-14H,4-5,8-12H2,1-3H3. The quantitative estimate of drug-likeness (QED) is 0.806. The topological polar surface area (TPSA) is 36.4 Å². The van der Waals surface area contributed by atoms with Crippen molar-refractivity contribution < 1.29 is 4.79 Å². The molecule has 116 valence electrons. The number of rotatable bonds is 6. The van der Waals surface area contributed by atoms with Crippen LogP contribution in [0.5, 0.6) is 0 Å². The van der Waals surface area contributed by atoms with E-state index in [0.29, 0.717) is 12.3 Å². The summed E-state index contributed by atoms with van der Waals surface area (Å²) in [6.45, 7) is 4.81. The zero-order valence-corrected chi connectivity index (χ0v) is 13.5. The van der Waals surface area contributed by atoms with E-state index in [1.54, 1.807) is 0 Å². The summed E-state index contributed by atoms with van der Waals surface area (Å²) in [5, 5.41) is 0. The third-order valence-corrected chi connectivity index (χ3v) is 4.16. The predicted octanol–water partition coefficient (Wildman–Crippen LogP) is 2.30. The van der Waals surface area contributed by atoms with Crippen molar-refractivity contribution in [2.45, 2.75) is 38.5 Å². The van der Waals surface area contributed by atoms with Gasteiger partial charge in [-0.1, -0.05) is 19.4 Å². The van der Waals surface area contributed by atoms with Crippen LogP contribution in [-0.2, 0) is 11.2 Å². The molecule has 1 fully saturated rings. The zero-order chi connectivity index (χ0) is 15.2. The molecule has 1 atom stereocenters. The maximum Gasteiger partial charge on any atom is 0.223 e. The maximum atomic E-state index is 12.2. The van der Waals surface area contributed by atoms with Crippen LogP contribution in [0, 0.1) is 0 Å². The summed E-state index contributed by atoms with van der Waals surface area (Å²) in [4.78, 5) is 20.9. The SMILES string of the molecule is CCCc1ccc(C2CCN(CCN(C)C)C(=O)C2)cn1. The summed E-state index contributed by atoms with van der Waals surface area (Å²) >= 11 is 0. The van der Waals surface area contributed by atoms with Crippen molar-refractivity contribution in [3.8, 4) is 0 Å². The van der Waals surface area contributed by atoms with E-state index in [0.717, 1.165) is 44.6 Å². The number of hydrogen-bond acceptors (Lipinski definition) is 3. The Kier molecular flexibility index (Phi) is 5.74. The van der Waals surface area contributed by atoms with Crippen molar-refractivity contribution in [3.63, 3.8) is 0 Å². The highest BCUT2D eigenvalue weighted by Gasteiger charge is 2.26. The summed E-state index contributed by atoms with van der Waals surface area (Å²) < 4.78 is 0. The van der Waals surface area contributed by atoms with Crippen molar-refractivity contribution >= 4 is 5.91 Å². The highest BCUT2D eigenvalue weighted by molar-refractivity contribution is 5.78. The number of pyridine rings is 1. The molecule has 0 N–H and O–H groups in total. The van der Waals surface area contributed by atoms with Gasteiger partial charge in [-0.15, -0.1) is 0 Å². The van der Waals surface area contributed by atoms with Crippen LogP contribution in [-0.4, -0.2) is 54.4 Å². The Labute approximate surface area is 128 Å². The van der Waals surface area contributed by atoms with Crippen molar-refractivity contribution in [2.75, 3.05) is 33.7 Å². The van der Waals surface area contributed by atoms with E-state index in [-0.39, 0.29) is 5.91 Å². The highest BCUT2D eigenvalue weighted by Crippen LogP contribution is 2.28. The molecule has 2 heterocycles. The number of amides is 1. The first-order valence-electron chi connectivity index (χ1n) is 7.97. The predicted molar refractivity (Wildman–Crippen MR) is 85.3 cm³/mol. The van der Waals surface area contributed by atoms with Crippen LogP contribution < -0.4 is 0 Å².